The topological polar surface area (TPSA) is 119 Å². The van der Waals surface area contributed by atoms with Crippen molar-refractivity contribution < 1.29 is 24.2 Å². The molecule has 3 rings (SSSR count). The number of hydrogen-bond acceptors (Lipinski definition) is 6. The number of carbonyl (C=O) groups is 2. The number of fused-ring (bicyclic) bond motifs is 1. The molecule has 35 heavy (non-hydrogen) atoms. The van der Waals surface area contributed by atoms with Gasteiger partial charge in [0.1, 0.15) is 5.52 Å². The van der Waals surface area contributed by atoms with Crippen molar-refractivity contribution in [2.75, 3.05) is 31.6 Å². The van der Waals surface area contributed by atoms with Crippen LogP contribution in [0.2, 0.25) is 0 Å². The van der Waals surface area contributed by atoms with Gasteiger partial charge in [-0.25, -0.2) is 4.79 Å². The summed E-state index contributed by atoms with van der Waals surface area (Å²) in [5.41, 5.74) is 2.46. The number of carbonyl (C=O) groups excluding carboxylic acids is 1. The fourth-order valence-corrected chi connectivity index (χ4v) is 3.87. The van der Waals surface area contributed by atoms with Gasteiger partial charge in [0.2, 0.25) is 0 Å². The third-order valence-electron chi connectivity index (χ3n) is 5.78. The SMILES string of the molecule is CCN(C)c1nc2ccc(C(=O)N(CC(C)C)C[C@H](O)[C@H](Cc3ccccc3)NC(=O)O)cc2o1. The van der Waals surface area contributed by atoms with Crippen molar-refractivity contribution in [3.8, 4) is 0 Å². The molecule has 0 bridgehead atoms. The fraction of sp³-hybridized carbons (Fsp3) is 0.423. The average Bonchev–Trinajstić information content (AvgIpc) is 3.25. The van der Waals surface area contributed by atoms with Crippen LogP contribution >= 0.6 is 0 Å². The summed E-state index contributed by atoms with van der Waals surface area (Å²) in [7, 11) is 1.87. The summed E-state index contributed by atoms with van der Waals surface area (Å²) in [6.07, 6.45) is -2.03. The molecule has 0 saturated heterocycles. The summed E-state index contributed by atoms with van der Waals surface area (Å²) in [6, 6.07) is 14.1. The largest absolute Gasteiger partial charge is 0.465 e. The lowest BCUT2D eigenvalue weighted by Gasteiger charge is -2.31. The number of aliphatic hydroxyl groups is 1. The standard InChI is InChI=1S/C26H34N4O5/c1-5-29(4)25-27-20-12-11-19(14-23(20)35-25)24(32)30(15-17(2)3)16-22(31)21(28-26(33)34)13-18-9-7-6-8-10-18/h6-12,14,17,21-22,28,31H,5,13,15-16H2,1-4H3,(H,33,34)/t21-,22-/m0/s1. The molecule has 0 aliphatic heterocycles. The number of aliphatic hydroxyl groups excluding tert-OH is 1. The number of carboxylic acid groups (broad SMARTS) is 1. The van der Waals surface area contributed by atoms with Crippen LogP contribution in [0.3, 0.4) is 0 Å². The number of benzene rings is 2. The molecule has 0 radical (unpaired) electrons. The van der Waals surface area contributed by atoms with Crippen molar-refractivity contribution in [1.29, 1.82) is 0 Å². The second-order valence-electron chi connectivity index (χ2n) is 9.11. The van der Waals surface area contributed by atoms with Gasteiger partial charge in [-0.15, -0.1) is 0 Å². The van der Waals surface area contributed by atoms with Crippen LogP contribution in [0.25, 0.3) is 11.1 Å². The Balaban J connectivity index is 1.82. The van der Waals surface area contributed by atoms with Gasteiger partial charge < -0.3 is 29.7 Å². The van der Waals surface area contributed by atoms with Crippen molar-refractivity contribution in [3.05, 3.63) is 59.7 Å². The fourth-order valence-electron chi connectivity index (χ4n) is 3.87. The first-order valence-corrected chi connectivity index (χ1v) is 11.8. The van der Waals surface area contributed by atoms with E-state index in [1.54, 1.807) is 23.1 Å². The molecule has 2 amide bonds. The molecule has 3 aromatic rings. The molecule has 0 saturated carbocycles. The van der Waals surface area contributed by atoms with Crippen LogP contribution in [-0.4, -0.2) is 70.9 Å². The molecular weight excluding hydrogens is 448 g/mol. The Labute approximate surface area is 205 Å². The van der Waals surface area contributed by atoms with Gasteiger partial charge in [0.25, 0.3) is 11.9 Å². The van der Waals surface area contributed by atoms with E-state index in [1.165, 1.54) is 0 Å². The summed E-state index contributed by atoms with van der Waals surface area (Å²) in [5, 5.41) is 22.7. The molecule has 9 nitrogen and oxygen atoms in total. The van der Waals surface area contributed by atoms with Crippen LogP contribution in [0.1, 0.15) is 36.7 Å². The molecule has 0 fully saturated rings. The van der Waals surface area contributed by atoms with Gasteiger partial charge in [-0.2, -0.15) is 4.98 Å². The quantitative estimate of drug-likeness (QED) is 0.382. The molecule has 1 aromatic heterocycles. The summed E-state index contributed by atoms with van der Waals surface area (Å²) in [5.74, 6) is -0.125. The Hall–Kier alpha value is -3.59. The smallest absolute Gasteiger partial charge is 0.404 e. The van der Waals surface area contributed by atoms with E-state index < -0.39 is 18.2 Å². The number of nitrogens with zero attached hydrogens (tertiary/aromatic N) is 3. The molecule has 1 heterocycles. The van der Waals surface area contributed by atoms with Crippen LogP contribution in [0.15, 0.2) is 52.9 Å². The molecule has 3 N–H and O–H groups in total. The second kappa shape index (κ2) is 11.7. The highest BCUT2D eigenvalue weighted by molar-refractivity contribution is 5.97. The zero-order valence-electron chi connectivity index (χ0n) is 20.6. The van der Waals surface area contributed by atoms with E-state index in [-0.39, 0.29) is 18.4 Å². The van der Waals surface area contributed by atoms with E-state index in [0.29, 0.717) is 35.6 Å². The molecule has 0 spiro atoms. The number of rotatable bonds is 11. The van der Waals surface area contributed by atoms with Gasteiger partial charge in [0, 0.05) is 32.2 Å². The van der Waals surface area contributed by atoms with Gasteiger partial charge >= 0.3 is 6.09 Å². The highest BCUT2D eigenvalue weighted by atomic mass is 16.4. The lowest BCUT2D eigenvalue weighted by Crippen LogP contribution is -2.50. The van der Waals surface area contributed by atoms with Gasteiger partial charge in [-0.05, 0) is 43.0 Å². The molecule has 9 heteroatoms. The Bertz CT molecular complexity index is 1130. The van der Waals surface area contributed by atoms with Crippen LogP contribution in [0, 0.1) is 5.92 Å². The summed E-state index contributed by atoms with van der Waals surface area (Å²) in [6.45, 7) is 7.06. The predicted octanol–water partition coefficient (Wildman–Crippen LogP) is 3.62. The zero-order chi connectivity index (χ0) is 25.5. The maximum Gasteiger partial charge on any atom is 0.404 e. The van der Waals surface area contributed by atoms with E-state index in [1.807, 2.05) is 63.1 Å². The maximum atomic E-state index is 13.5. The minimum absolute atomic E-state index is 0.0208. The molecule has 0 aliphatic carbocycles. The first kappa shape index (κ1) is 26.0. The molecule has 2 atom stereocenters. The van der Waals surface area contributed by atoms with Gasteiger partial charge in [-0.1, -0.05) is 44.2 Å². The Morgan fingerprint density at radius 2 is 1.83 bits per heavy atom. The van der Waals surface area contributed by atoms with Gasteiger partial charge in [0.05, 0.1) is 12.1 Å². The first-order valence-electron chi connectivity index (χ1n) is 11.8. The highest BCUT2D eigenvalue weighted by Gasteiger charge is 2.27. The maximum absolute atomic E-state index is 13.5. The van der Waals surface area contributed by atoms with Crippen molar-refractivity contribution in [2.24, 2.45) is 5.92 Å². The Morgan fingerprint density at radius 3 is 2.46 bits per heavy atom. The van der Waals surface area contributed by atoms with Crippen LogP contribution in [0.5, 0.6) is 0 Å². The van der Waals surface area contributed by atoms with E-state index in [2.05, 4.69) is 10.3 Å². The van der Waals surface area contributed by atoms with Crippen molar-refractivity contribution in [3.63, 3.8) is 0 Å². The zero-order valence-corrected chi connectivity index (χ0v) is 20.6. The highest BCUT2D eigenvalue weighted by Crippen LogP contribution is 2.23. The first-order chi connectivity index (χ1) is 16.7. The molecule has 0 unspecified atom stereocenters. The van der Waals surface area contributed by atoms with Crippen molar-refractivity contribution >= 4 is 29.1 Å². The number of aromatic nitrogens is 1. The van der Waals surface area contributed by atoms with Gasteiger partial charge in [0.15, 0.2) is 5.58 Å². The predicted molar refractivity (Wildman–Crippen MR) is 135 cm³/mol. The lowest BCUT2D eigenvalue weighted by atomic mass is 10.00. The number of anilines is 1. The average molecular weight is 483 g/mol. The summed E-state index contributed by atoms with van der Waals surface area (Å²) in [4.78, 5) is 32.7. The van der Waals surface area contributed by atoms with Crippen LogP contribution in [-0.2, 0) is 6.42 Å². The van der Waals surface area contributed by atoms with E-state index in [9.17, 15) is 19.8 Å². The third kappa shape index (κ3) is 6.95. The third-order valence-corrected chi connectivity index (χ3v) is 5.78. The van der Waals surface area contributed by atoms with E-state index >= 15 is 0 Å². The van der Waals surface area contributed by atoms with Crippen LogP contribution in [0.4, 0.5) is 10.8 Å². The second-order valence-corrected chi connectivity index (χ2v) is 9.11. The van der Waals surface area contributed by atoms with Crippen molar-refractivity contribution in [1.82, 2.24) is 15.2 Å². The minimum Gasteiger partial charge on any atom is -0.465 e. The molecule has 188 valence electrons. The van der Waals surface area contributed by atoms with Crippen molar-refractivity contribution in [2.45, 2.75) is 39.3 Å². The summed E-state index contributed by atoms with van der Waals surface area (Å²) < 4.78 is 5.82. The minimum atomic E-state index is -1.23. The Kier molecular flexibility index (Phi) is 8.70. The van der Waals surface area contributed by atoms with E-state index in [4.69, 9.17) is 4.42 Å². The molecule has 2 aromatic carbocycles. The number of amides is 2. The number of nitrogens with one attached hydrogen (secondary N) is 1. The summed E-state index contributed by atoms with van der Waals surface area (Å²) >= 11 is 0. The lowest BCUT2D eigenvalue weighted by molar-refractivity contribution is 0.0509. The monoisotopic (exact) mass is 482 g/mol. The molecular formula is C26H34N4O5. The number of oxazole rings is 1. The molecule has 0 aliphatic rings. The number of hydrogen-bond donors (Lipinski definition) is 3. The Morgan fingerprint density at radius 1 is 1.11 bits per heavy atom. The van der Waals surface area contributed by atoms with E-state index in [0.717, 1.165) is 12.1 Å². The normalized spacial score (nSPS) is 13.0. The van der Waals surface area contributed by atoms with Crippen LogP contribution < -0.4 is 10.2 Å². The van der Waals surface area contributed by atoms with Gasteiger partial charge in [-0.3, -0.25) is 4.79 Å².